The molecule has 0 aliphatic rings. The molecule has 0 saturated carbocycles. The molecule has 0 aromatic heterocycles. The van der Waals surface area contributed by atoms with Gasteiger partial charge in [0.1, 0.15) is 0 Å². The fraction of sp³-hybridized carbons (Fsp3) is 0.857. The minimum atomic E-state index is -1.33. The Morgan fingerprint density at radius 2 is 1.82 bits per heavy atom. The number of carboxylic acid groups (broad SMARTS) is 1. The van der Waals surface area contributed by atoms with Gasteiger partial charge in [-0.05, 0) is 17.6 Å². The Balaban J connectivity index is 0. The molecule has 0 bridgehead atoms. The molecule has 4 heteroatoms. The van der Waals surface area contributed by atoms with E-state index in [0.29, 0.717) is 0 Å². The Labute approximate surface area is 73.4 Å². The number of primary amides is 1. The van der Waals surface area contributed by atoms with E-state index in [-0.39, 0.29) is 0 Å². The zero-order chi connectivity index (χ0) is 9.44. The summed E-state index contributed by atoms with van der Waals surface area (Å²) in [5.74, 6) is 2.57. The molecule has 1 unspecified atom stereocenters. The van der Waals surface area contributed by atoms with Crippen LogP contribution in [0.5, 0.6) is 0 Å². The molecule has 0 radical (unpaired) electrons. The third kappa shape index (κ3) is 17.7. The van der Waals surface area contributed by atoms with Gasteiger partial charge in [-0.25, -0.2) is 4.79 Å². The lowest BCUT2D eigenvalue weighted by Gasteiger charge is -2.10. The predicted molar refractivity (Wildman–Crippen MR) is 50.1 cm³/mol. The third-order valence-corrected chi connectivity index (χ3v) is 2.00. The summed E-state index contributed by atoms with van der Waals surface area (Å²) in [5.41, 5.74) is 4.03. The van der Waals surface area contributed by atoms with Crippen LogP contribution in [0, 0.1) is 11.8 Å². The fourth-order valence-electron chi connectivity index (χ4n) is 0.211. The molecule has 0 fully saturated rings. The number of thiol groups is 1. The topological polar surface area (TPSA) is 63.3 Å². The van der Waals surface area contributed by atoms with E-state index in [1.54, 1.807) is 0 Å². The molecule has 0 heterocycles. The van der Waals surface area contributed by atoms with Crippen LogP contribution in [0.2, 0.25) is 0 Å². The largest absolute Gasteiger partial charge is 0.465 e. The van der Waals surface area contributed by atoms with E-state index in [9.17, 15) is 0 Å². The Bertz CT molecular complexity index is 103. The van der Waals surface area contributed by atoms with E-state index in [1.165, 1.54) is 0 Å². The van der Waals surface area contributed by atoms with E-state index in [2.05, 4.69) is 39.1 Å². The van der Waals surface area contributed by atoms with E-state index < -0.39 is 6.09 Å². The lowest BCUT2D eigenvalue weighted by Crippen LogP contribution is -2.04. The van der Waals surface area contributed by atoms with Gasteiger partial charge in [-0.2, -0.15) is 12.6 Å². The molecule has 11 heavy (non-hydrogen) atoms. The zero-order valence-corrected chi connectivity index (χ0v) is 8.14. The van der Waals surface area contributed by atoms with Gasteiger partial charge < -0.3 is 10.8 Å². The lowest BCUT2D eigenvalue weighted by molar-refractivity contribution is 0.205. The summed E-state index contributed by atoms with van der Waals surface area (Å²) in [6, 6.07) is 0. The maximum atomic E-state index is 8.78. The van der Waals surface area contributed by atoms with Crippen LogP contribution in [0.25, 0.3) is 0 Å². The highest BCUT2D eigenvalue weighted by atomic mass is 32.1. The standard InChI is InChI=1S/C6H14S.CH3NO2/c1-5(2)6(3)4-7;2-1(3)4/h5-7H,4H2,1-3H3;2H2,(H,3,4). The van der Waals surface area contributed by atoms with Crippen molar-refractivity contribution in [3.63, 3.8) is 0 Å². The van der Waals surface area contributed by atoms with Gasteiger partial charge in [-0.3, -0.25) is 0 Å². The minimum Gasteiger partial charge on any atom is -0.465 e. The molecule has 0 aliphatic heterocycles. The third-order valence-electron chi connectivity index (χ3n) is 1.43. The van der Waals surface area contributed by atoms with Gasteiger partial charge in [0.05, 0.1) is 0 Å². The van der Waals surface area contributed by atoms with Crippen LogP contribution in [0.1, 0.15) is 20.8 Å². The number of hydrogen-bond donors (Lipinski definition) is 3. The molecule has 3 nitrogen and oxygen atoms in total. The molecular weight excluding hydrogens is 162 g/mol. The van der Waals surface area contributed by atoms with Gasteiger partial charge >= 0.3 is 6.09 Å². The molecular formula is C7H17NO2S. The number of carbonyl (C=O) groups is 1. The normalized spacial score (nSPS) is 11.7. The second-order valence-corrected chi connectivity index (χ2v) is 3.11. The molecule has 0 rings (SSSR count). The van der Waals surface area contributed by atoms with Crippen molar-refractivity contribution < 1.29 is 9.90 Å². The maximum absolute atomic E-state index is 8.78. The number of nitrogens with two attached hydrogens (primary N) is 1. The van der Waals surface area contributed by atoms with Crippen molar-refractivity contribution >= 4 is 18.7 Å². The molecule has 1 amide bonds. The van der Waals surface area contributed by atoms with Gasteiger partial charge in [-0.1, -0.05) is 20.8 Å². The van der Waals surface area contributed by atoms with E-state index in [4.69, 9.17) is 9.90 Å². The Morgan fingerprint density at radius 1 is 1.55 bits per heavy atom. The van der Waals surface area contributed by atoms with Crippen molar-refractivity contribution in [3.05, 3.63) is 0 Å². The van der Waals surface area contributed by atoms with Crippen molar-refractivity contribution in [3.8, 4) is 0 Å². The molecule has 0 aromatic rings. The van der Waals surface area contributed by atoms with E-state index in [0.717, 1.165) is 17.6 Å². The van der Waals surface area contributed by atoms with Gasteiger partial charge in [0, 0.05) is 0 Å². The summed E-state index contributed by atoms with van der Waals surface area (Å²) in [6.45, 7) is 6.67. The second kappa shape index (κ2) is 7.72. The van der Waals surface area contributed by atoms with Crippen LogP contribution in [0.3, 0.4) is 0 Å². The Kier molecular flexibility index (Phi) is 9.29. The maximum Gasteiger partial charge on any atom is 0.402 e. The summed E-state index contributed by atoms with van der Waals surface area (Å²) in [7, 11) is 0. The molecule has 3 N–H and O–H groups in total. The predicted octanol–water partition coefficient (Wildman–Crippen LogP) is 1.83. The van der Waals surface area contributed by atoms with E-state index in [1.807, 2.05) is 0 Å². The van der Waals surface area contributed by atoms with Crippen LogP contribution in [0.4, 0.5) is 4.79 Å². The van der Waals surface area contributed by atoms with Gasteiger partial charge in [-0.15, -0.1) is 0 Å². The quantitative estimate of drug-likeness (QED) is 0.566. The summed E-state index contributed by atoms with van der Waals surface area (Å²) < 4.78 is 0. The summed E-state index contributed by atoms with van der Waals surface area (Å²) >= 11 is 4.15. The van der Waals surface area contributed by atoms with Crippen molar-refractivity contribution in [2.24, 2.45) is 17.6 Å². The first kappa shape index (κ1) is 13.2. The minimum absolute atomic E-state index is 0.767. The first-order valence-electron chi connectivity index (χ1n) is 3.51. The molecule has 1 atom stereocenters. The lowest BCUT2D eigenvalue weighted by atomic mass is 10.0. The van der Waals surface area contributed by atoms with Crippen LogP contribution >= 0.6 is 12.6 Å². The molecule has 0 aliphatic carbocycles. The summed E-state index contributed by atoms with van der Waals surface area (Å²) in [5, 5.41) is 7.19. The van der Waals surface area contributed by atoms with Crippen LogP contribution in [0.15, 0.2) is 0 Å². The smallest absolute Gasteiger partial charge is 0.402 e. The average Bonchev–Trinajstić information content (AvgIpc) is 1.85. The van der Waals surface area contributed by atoms with Crippen molar-refractivity contribution in [1.82, 2.24) is 0 Å². The van der Waals surface area contributed by atoms with Gasteiger partial charge in [0.2, 0.25) is 0 Å². The summed E-state index contributed by atoms with van der Waals surface area (Å²) in [4.78, 5) is 8.78. The first-order chi connectivity index (χ1) is 4.91. The van der Waals surface area contributed by atoms with Gasteiger partial charge in [0.15, 0.2) is 0 Å². The SMILES string of the molecule is CC(C)C(C)CS.NC(=O)O. The van der Waals surface area contributed by atoms with Crippen molar-refractivity contribution in [2.45, 2.75) is 20.8 Å². The number of amides is 1. The fourth-order valence-corrected chi connectivity index (χ4v) is 0.632. The van der Waals surface area contributed by atoms with Crippen LogP contribution in [-0.4, -0.2) is 17.0 Å². The molecule has 0 aromatic carbocycles. The number of hydrogen-bond acceptors (Lipinski definition) is 2. The van der Waals surface area contributed by atoms with Crippen LogP contribution in [-0.2, 0) is 0 Å². The highest BCUT2D eigenvalue weighted by molar-refractivity contribution is 7.80. The van der Waals surface area contributed by atoms with Crippen molar-refractivity contribution in [1.29, 1.82) is 0 Å². The monoisotopic (exact) mass is 179 g/mol. The molecule has 68 valence electrons. The van der Waals surface area contributed by atoms with Crippen LogP contribution < -0.4 is 5.73 Å². The average molecular weight is 179 g/mol. The second-order valence-electron chi connectivity index (χ2n) is 2.74. The first-order valence-corrected chi connectivity index (χ1v) is 4.14. The molecule has 0 saturated heterocycles. The van der Waals surface area contributed by atoms with Crippen molar-refractivity contribution in [2.75, 3.05) is 5.75 Å². The zero-order valence-electron chi connectivity index (χ0n) is 7.24. The number of rotatable bonds is 2. The van der Waals surface area contributed by atoms with E-state index >= 15 is 0 Å². The van der Waals surface area contributed by atoms with Gasteiger partial charge in [0.25, 0.3) is 0 Å². The highest BCUT2D eigenvalue weighted by Gasteiger charge is 2.01. The molecule has 0 spiro atoms. The Hall–Kier alpha value is -0.380. The summed E-state index contributed by atoms with van der Waals surface area (Å²) in [6.07, 6.45) is -1.33. The Morgan fingerprint density at radius 3 is 1.82 bits per heavy atom. The highest BCUT2D eigenvalue weighted by Crippen LogP contribution is 2.09.